The Balaban J connectivity index is 1.79. The molecular formula is C13H21NO2. The summed E-state index contributed by atoms with van der Waals surface area (Å²) in [5.41, 5.74) is 0. The van der Waals surface area contributed by atoms with Crippen LogP contribution >= 0.6 is 0 Å². The quantitative estimate of drug-likeness (QED) is 0.712. The minimum atomic E-state index is 0.217. The third-order valence-electron chi connectivity index (χ3n) is 4.46. The van der Waals surface area contributed by atoms with E-state index in [2.05, 4.69) is 18.7 Å². The molecule has 0 radical (unpaired) electrons. The van der Waals surface area contributed by atoms with E-state index < -0.39 is 0 Å². The van der Waals surface area contributed by atoms with Gasteiger partial charge in [0.2, 0.25) is 5.91 Å². The summed E-state index contributed by atoms with van der Waals surface area (Å²) in [5, 5.41) is 0. The third kappa shape index (κ3) is 1.65. The van der Waals surface area contributed by atoms with Crippen LogP contribution in [0.1, 0.15) is 33.1 Å². The molecule has 3 aliphatic rings. The van der Waals surface area contributed by atoms with E-state index in [0.717, 1.165) is 12.5 Å². The highest BCUT2D eigenvalue weighted by atomic mass is 16.5. The van der Waals surface area contributed by atoms with Gasteiger partial charge in [0.15, 0.2) is 0 Å². The van der Waals surface area contributed by atoms with E-state index in [9.17, 15) is 4.79 Å². The van der Waals surface area contributed by atoms with Crippen molar-refractivity contribution in [3.8, 4) is 0 Å². The van der Waals surface area contributed by atoms with Crippen molar-refractivity contribution in [2.24, 2.45) is 17.8 Å². The minimum Gasteiger partial charge on any atom is -0.366 e. The molecule has 0 aromatic rings. The monoisotopic (exact) mass is 223 g/mol. The Morgan fingerprint density at radius 2 is 2.06 bits per heavy atom. The standard InChI is InChI=1S/C13H21NO2/c1-8-5-9(2)13-12(8)14(6-10-3-4-10)11(15)7-16-13/h8-10,12-13H,3-7H2,1-2H3. The van der Waals surface area contributed by atoms with Gasteiger partial charge in [-0.2, -0.15) is 0 Å². The number of fused-ring (bicyclic) bond motifs is 1. The number of carbonyl (C=O) groups is 1. The summed E-state index contributed by atoms with van der Waals surface area (Å²) in [4.78, 5) is 14.1. The Morgan fingerprint density at radius 3 is 2.75 bits per heavy atom. The number of hydrogen-bond acceptors (Lipinski definition) is 2. The van der Waals surface area contributed by atoms with Crippen LogP contribution in [0.4, 0.5) is 0 Å². The van der Waals surface area contributed by atoms with Crippen molar-refractivity contribution in [2.45, 2.75) is 45.3 Å². The third-order valence-corrected chi connectivity index (χ3v) is 4.46. The zero-order chi connectivity index (χ0) is 11.3. The van der Waals surface area contributed by atoms with E-state index >= 15 is 0 Å². The van der Waals surface area contributed by atoms with Crippen LogP contribution in [-0.2, 0) is 9.53 Å². The number of ether oxygens (including phenoxy) is 1. The first-order valence-corrected chi connectivity index (χ1v) is 6.58. The predicted molar refractivity (Wildman–Crippen MR) is 60.9 cm³/mol. The van der Waals surface area contributed by atoms with Gasteiger partial charge in [0.1, 0.15) is 6.61 Å². The fourth-order valence-electron chi connectivity index (χ4n) is 3.49. The van der Waals surface area contributed by atoms with E-state index in [1.165, 1.54) is 19.3 Å². The number of nitrogens with zero attached hydrogens (tertiary/aromatic N) is 1. The zero-order valence-corrected chi connectivity index (χ0v) is 10.2. The molecule has 0 spiro atoms. The lowest BCUT2D eigenvalue weighted by atomic mass is 10.0. The summed E-state index contributed by atoms with van der Waals surface area (Å²) in [6, 6.07) is 0.358. The van der Waals surface area contributed by atoms with Gasteiger partial charge < -0.3 is 9.64 Å². The maximum absolute atomic E-state index is 12.0. The van der Waals surface area contributed by atoms with Crippen molar-refractivity contribution in [1.29, 1.82) is 0 Å². The van der Waals surface area contributed by atoms with E-state index in [1.807, 2.05) is 0 Å². The van der Waals surface area contributed by atoms with E-state index in [4.69, 9.17) is 4.74 Å². The number of rotatable bonds is 2. The Kier molecular flexibility index (Phi) is 2.46. The summed E-state index contributed by atoms with van der Waals surface area (Å²) in [7, 11) is 0. The maximum atomic E-state index is 12.0. The van der Waals surface area contributed by atoms with Gasteiger partial charge in [0.05, 0.1) is 12.1 Å². The minimum absolute atomic E-state index is 0.217. The molecule has 1 saturated heterocycles. The molecule has 0 aromatic carbocycles. The Hall–Kier alpha value is -0.570. The molecule has 1 aliphatic heterocycles. The Labute approximate surface area is 97.1 Å². The summed E-state index contributed by atoms with van der Waals surface area (Å²) < 4.78 is 5.74. The molecule has 90 valence electrons. The van der Waals surface area contributed by atoms with Crippen LogP contribution in [0.3, 0.4) is 0 Å². The molecule has 2 saturated carbocycles. The van der Waals surface area contributed by atoms with Crippen LogP contribution in [0.15, 0.2) is 0 Å². The van der Waals surface area contributed by atoms with Crippen LogP contribution in [0, 0.1) is 17.8 Å². The first-order valence-electron chi connectivity index (χ1n) is 6.58. The van der Waals surface area contributed by atoms with Crippen molar-refractivity contribution >= 4 is 5.91 Å². The Bertz CT molecular complexity index is 300. The second kappa shape index (κ2) is 3.73. The fraction of sp³-hybridized carbons (Fsp3) is 0.923. The lowest BCUT2D eigenvalue weighted by Crippen LogP contribution is -2.55. The van der Waals surface area contributed by atoms with Gasteiger partial charge in [-0.25, -0.2) is 0 Å². The van der Waals surface area contributed by atoms with Gasteiger partial charge in [-0.3, -0.25) is 4.79 Å². The highest BCUT2D eigenvalue weighted by molar-refractivity contribution is 5.78. The summed E-state index contributed by atoms with van der Waals surface area (Å²) >= 11 is 0. The van der Waals surface area contributed by atoms with Crippen LogP contribution in [-0.4, -0.2) is 36.1 Å². The van der Waals surface area contributed by atoms with Gasteiger partial charge in [-0.1, -0.05) is 13.8 Å². The van der Waals surface area contributed by atoms with Gasteiger partial charge in [-0.05, 0) is 37.0 Å². The predicted octanol–water partition coefficient (Wildman–Crippen LogP) is 1.67. The van der Waals surface area contributed by atoms with E-state index in [-0.39, 0.29) is 5.91 Å². The smallest absolute Gasteiger partial charge is 0.248 e. The Morgan fingerprint density at radius 1 is 1.31 bits per heavy atom. The molecule has 1 amide bonds. The topological polar surface area (TPSA) is 29.5 Å². The molecular weight excluding hydrogens is 202 g/mol. The van der Waals surface area contributed by atoms with Gasteiger partial charge in [-0.15, -0.1) is 0 Å². The summed E-state index contributed by atoms with van der Waals surface area (Å²) in [6.45, 7) is 5.82. The van der Waals surface area contributed by atoms with Crippen LogP contribution < -0.4 is 0 Å². The van der Waals surface area contributed by atoms with Crippen molar-refractivity contribution in [2.75, 3.05) is 13.2 Å². The molecule has 16 heavy (non-hydrogen) atoms. The molecule has 3 heteroatoms. The molecule has 2 aliphatic carbocycles. The van der Waals surface area contributed by atoms with Gasteiger partial charge in [0.25, 0.3) is 0 Å². The summed E-state index contributed by atoms with van der Waals surface area (Å²) in [6.07, 6.45) is 4.12. The normalized spacial score (nSPS) is 43.6. The highest BCUT2D eigenvalue weighted by Crippen LogP contribution is 2.40. The molecule has 0 N–H and O–H groups in total. The van der Waals surface area contributed by atoms with Crippen LogP contribution in [0.25, 0.3) is 0 Å². The molecule has 3 rings (SSSR count). The molecule has 1 heterocycles. The number of carbonyl (C=O) groups excluding carboxylic acids is 1. The van der Waals surface area contributed by atoms with Crippen molar-refractivity contribution in [3.05, 3.63) is 0 Å². The molecule has 3 fully saturated rings. The van der Waals surface area contributed by atoms with E-state index in [0.29, 0.717) is 30.6 Å². The van der Waals surface area contributed by atoms with Gasteiger partial charge >= 0.3 is 0 Å². The number of amides is 1. The van der Waals surface area contributed by atoms with Crippen molar-refractivity contribution in [1.82, 2.24) is 4.90 Å². The van der Waals surface area contributed by atoms with Crippen LogP contribution in [0.5, 0.6) is 0 Å². The fourth-order valence-corrected chi connectivity index (χ4v) is 3.49. The van der Waals surface area contributed by atoms with E-state index in [1.54, 1.807) is 0 Å². The molecule has 3 nitrogen and oxygen atoms in total. The summed E-state index contributed by atoms with van der Waals surface area (Å²) in [5.74, 6) is 2.21. The first kappa shape index (κ1) is 10.6. The van der Waals surface area contributed by atoms with Gasteiger partial charge in [0, 0.05) is 6.54 Å². The second-order valence-corrected chi connectivity index (χ2v) is 5.95. The number of morpholine rings is 1. The highest BCUT2D eigenvalue weighted by Gasteiger charge is 2.48. The molecule has 4 unspecified atom stereocenters. The number of hydrogen-bond donors (Lipinski definition) is 0. The molecule has 4 atom stereocenters. The molecule has 0 bridgehead atoms. The first-order chi connectivity index (χ1) is 7.66. The lowest BCUT2D eigenvalue weighted by molar-refractivity contribution is -0.158. The second-order valence-electron chi connectivity index (χ2n) is 5.95. The average molecular weight is 223 g/mol. The van der Waals surface area contributed by atoms with Crippen molar-refractivity contribution < 1.29 is 9.53 Å². The van der Waals surface area contributed by atoms with Crippen LogP contribution in [0.2, 0.25) is 0 Å². The molecule has 0 aromatic heterocycles. The largest absolute Gasteiger partial charge is 0.366 e. The lowest BCUT2D eigenvalue weighted by Gasteiger charge is -2.40. The average Bonchev–Trinajstić information content (AvgIpc) is 2.99. The van der Waals surface area contributed by atoms with Crippen molar-refractivity contribution in [3.63, 3.8) is 0 Å². The maximum Gasteiger partial charge on any atom is 0.248 e. The SMILES string of the molecule is CC1CC(C)C2C1OCC(=O)N2CC1CC1. The zero-order valence-electron chi connectivity index (χ0n) is 10.2.